The molecule has 4 rings (SSSR count). The van der Waals surface area contributed by atoms with Crippen molar-refractivity contribution in [1.29, 1.82) is 0 Å². The van der Waals surface area contributed by atoms with E-state index in [0.717, 1.165) is 61.6 Å². The third kappa shape index (κ3) is 6.88. The Kier molecular flexibility index (Phi) is 9.40. The van der Waals surface area contributed by atoms with Crippen molar-refractivity contribution in [2.24, 2.45) is 0 Å². The van der Waals surface area contributed by atoms with E-state index in [1.807, 2.05) is 71.6 Å². The van der Waals surface area contributed by atoms with Crippen LogP contribution in [0.3, 0.4) is 0 Å². The minimum atomic E-state index is -0.108. The van der Waals surface area contributed by atoms with Gasteiger partial charge in [0.1, 0.15) is 5.75 Å². The summed E-state index contributed by atoms with van der Waals surface area (Å²) in [5, 5.41) is 0.710. The van der Waals surface area contributed by atoms with E-state index >= 15 is 0 Å². The van der Waals surface area contributed by atoms with Crippen LogP contribution < -0.4 is 4.74 Å². The monoisotopic (exact) mass is 506 g/mol. The van der Waals surface area contributed by atoms with Crippen LogP contribution in [-0.2, 0) is 16.1 Å². The van der Waals surface area contributed by atoms with E-state index in [1.165, 1.54) is 0 Å². The van der Waals surface area contributed by atoms with Crippen molar-refractivity contribution >= 4 is 17.5 Å². The van der Waals surface area contributed by atoms with E-state index in [9.17, 15) is 4.79 Å². The highest BCUT2D eigenvalue weighted by Gasteiger charge is 2.28. The lowest BCUT2D eigenvalue weighted by molar-refractivity contribution is -0.135. The van der Waals surface area contributed by atoms with Gasteiger partial charge in [0.2, 0.25) is 5.91 Å². The largest absolute Gasteiger partial charge is 0.497 e. The summed E-state index contributed by atoms with van der Waals surface area (Å²) in [6.07, 6.45) is 0.697. The second-order valence-corrected chi connectivity index (χ2v) is 9.64. The summed E-state index contributed by atoms with van der Waals surface area (Å²) in [4.78, 5) is 17.7. The highest BCUT2D eigenvalue weighted by Crippen LogP contribution is 2.26. The molecule has 36 heavy (non-hydrogen) atoms. The second-order valence-electron chi connectivity index (χ2n) is 9.20. The van der Waals surface area contributed by atoms with Crippen LogP contribution >= 0.6 is 11.6 Å². The zero-order valence-electron chi connectivity index (χ0n) is 21.1. The van der Waals surface area contributed by atoms with Gasteiger partial charge in [0.25, 0.3) is 0 Å². The first-order valence-corrected chi connectivity index (χ1v) is 13.0. The quantitative estimate of drug-likeness (QED) is 0.341. The maximum absolute atomic E-state index is 13.3. The highest BCUT2D eigenvalue weighted by atomic mass is 35.5. The minimum Gasteiger partial charge on any atom is -0.497 e. The first-order valence-electron chi connectivity index (χ1n) is 12.6. The van der Waals surface area contributed by atoms with Crippen molar-refractivity contribution in [3.05, 3.63) is 101 Å². The van der Waals surface area contributed by atoms with Crippen LogP contribution in [0.15, 0.2) is 78.9 Å². The number of ether oxygens (including phenoxy) is 2. The summed E-state index contributed by atoms with van der Waals surface area (Å²) in [6.45, 7) is 6.42. The number of piperazine rings is 1. The van der Waals surface area contributed by atoms with Gasteiger partial charge in [0, 0.05) is 37.7 Å². The third-order valence-electron chi connectivity index (χ3n) is 6.84. The Balaban J connectivity index is 1.38. The average molecular weight is 507 g/mol. The molecule has 190 valence electrons. The molecular weight excluding hydrogens is 472 g/mol. The molecule has 1 heterocycles. The minimum absolute atomic E-state index is 0.0780. The Morgan fingerprint density at radius 2 is 1.64 bits per heavy atom. The van der Waals surface area contributed by atoms with Crippen LogP contribution in [0.4, 0.5) is 0 Å². The number of methoxy groups -OCH3 is 1. The number of hydrogen-bond acceptors (Lipinski definition) is 4. The number of halogens is 1. The van der Waals surface area contributed by atoms with Crippen molar-refractivity contribution in [3.63, 3.8) is 0 Å². The molecule has 0 saturated carbocycles. The summed E-state index contributed by atoms with van der Waals surface area (Å²) >= 11 is 6.14. The van der Waals surface area contributed by atoms with Crippen molar-refractivity contribution in [3.8, 4) is 5.75 Å². The van der Waals surface area contributed by atoms with Gasteiger partial charge in [-0.2, -0.15) is 0 Å². The first kappa shape index (κ1) is 26.2. The van der Waals surface area contributed by atoms with Crippen LogP contribution in [0.1, 0.15) is 42.1 Å². The molecule has 1 aliphatic heterocycles. The Labute approximate surface area is 219 Å². The van der Waals surface area contributed by atoms with Gasteiger partial charge in [0.05, 0.1) is 25.7 Å². The van der Waals surface area contributed by atoms with Crippen LogP contribution in [0.25, 0.3) is 0 Å². The molecule has 0 aromatic heterocycles. The van der Waals surface area contributed by atoms with Crippen LogP contribution in [-0.4, -0.2) is 55.5 Å². The molecule has 3 aromatic rings. The van der Waals surface area contributed by atoms with Gasteiger partial charge in [-0.15, -0.1) is 0 Å². The topological polar surface area (TPSA) is 42.0 Å². The van der Waals surface area contributed by atoms with E-state index in [-0.39, 0.29) is 17.9 Å². The van der Waals surface area contributed by atoms with Crippen LogP contribution in [0.2, 0.25) is 5.02 Å². The lowest BCUT2D eigenvalue weighted by Gasteiger charge is -2.38. The third-order valence-corrected chi connectivity index (χ3v) is 7.10. The van der Waals surface area contributed by atoms with E-state index in [1.54, 1.807) is 7.11 Å². The van der Waals surface area contributed by atoms with Crippen molar-refractivity contribution in [1.82, 2.24) is 9.80 Å². The molecule has 1 saturated heterocycles. The fourth-order valence-corrected chi connectivity index (χ4v) is 4.86. The lowest BCUT2D eigenvalue weighted by Crippen LogP contribution is -2.50. The predicted octanol–water partition coefficient (Wildman–Crippen LogP) is 5.94. The number of carbonyl (C=O) groups excluding carboxylic acids is 1. The molecule has 6 heteroatoms. The van der Waals surface area contributed by atoms with E-state index in [2.05, 4.69) is 24.0 Å². The predicted molar refractivity (Wildman–Crippen MR) is 144 cm³/mol. The van der Waals surface area contributed by atoms with Gasteiger partial charge < -0.3 is 14.4 Å². The lowest BCUT2D eigenvalue weighted by atomic mass is 9.95. The maximum atomic E-state index is 13.3. The highest BCUT2D eigenvalue weighted by molar-refractivity contribution is 6.30. The Morgan fingerprint density at radius 3 is 2.31 bits per heavy atom. The van der Waals surface area contributed by atoms with E-state index in [0.29, 0.717) is 11.6 Å². The standard InChI is InChI=1S/C30H35ClN2O3/c1-3-28(24-9-5-4-6-10-24)30(34)33-18-16-32(17-19-33)21-29(25-12-14-26(31)15-13-25)36-22-23-8-7-11-27(20-23)35-2/h4-15,20,28-29H,3,16-19,21-22H2,1-2H3/t28-,29+/m0/s1. The van der Waals surface area contributed by atoms with Gasteiger partial charge in [0.15, 0.2) is 0 Å². The fraction of sp³-hybridized carbons (Fsp3) is 0.367. The Bertz CT molecular complexity index is 1100. The summed E-state index contributed by atoms with van der Waals surface area (Å²) in [5.41, 5.74) is 3.26. The normalized spacial score (nSPS) is 15.9. The van der Waals surface area contributed by atoms with Gasteiger partial charge in [-0.25, -0.2) is 0 Å². The molecule has 0 N–H and O–H groups in total. The molecule has 3 aromatic carbocycles. The molecule has 0 unspecified atom stereocenters. The average Bonchev–Trinajstić information content (AvgIpc) is 2.93. The second kappa shape index (κ2) is 12.9. The number of rotatable bonds is 10. The van der Waals surface area contributed by atoms with Gasteiger partial charge >= 0.3 is 0 Å². The Hall–Kier alpha value is -2.86. The molecular formula is C30H35ClN2O3. The summed E-state index contributed by atoms with van der Waals surface area (Å²) < 4.78 is 11.8. The Morgan fingerprint density at radius 1 is 0.917 bits per heavy atom. The summed E-state index contributed by atoms with van der Waals surface area (Å²) in [7, 11) is 1.67. The molecule has 0 radical (unpaired) electrons. The molecule has 2 atom stereocenters. The van der Waals surface area contributed by atoms with Crippen molar-refractivity contribution < 1.29 is 14.3 Å². The molecule has 1 amide bonds. The summed E-state index contributed by atoms with van der Waals surface area (Å²) in [6, 6.07) is 25.9. The zero-order valence-corrected chi connectivity index (χ0v) is 21.9. The summed E-state index contributed by atoms with van der Waals surface area (Å²) in [5.74, 6) is 0.971. The van der Waals surface area contributed by atoms with Crippen molar-refractivity contribution in [2.75, 3.05) is 39.8 Å². The number of nitrogens with zero attached hydrogens (tertiary/aromatic N) is 2. The van der Waals surface area contributed by atoms with Crippen molar-refractivity contribution in [2.45, 2.75) is 32.0 Å². The van der Waals surface area contributed by atoms with Gasteiger partial charge in [-0.3, -0.25) is 9.69 Å². The van der Waals surface area contributed by atoms with Gasteiger partial charge in [-0.05, 0) is 47.4 Å². The SMILES string of the molecule is CC[C@H](C(=O)N1CCN(C[C@@H](OCc2cccc(OC)c2)c2ccc(Cl)cc2)CC1)c1ccccc1. The fourth-order valence-electron chi connectivity index (χ4n) is 4.73. The molecule has 5 nitrogen and oxygen atoms in total. The van der Waals surface area contributed by atoms with Crippen LogP contribution in [0.5, 0.6) is 5.75 Å². The number of hydrogen-bond donors (Lipinski definition) is 0. The number of amides is 1. The zero-order chi connectivity index (χ0) is 25.3. The maximum Gasteiger partial charge on any atom is 0.230 e. The first-order chi connectivity index (χ1) is 17.6. The molecule has 0 spiro atoms. The number of benzene rings is 3. The molecule has 1 aliphatic rings. The van der Waals surface area contributed by atoms with E-state index < -0.39 is 0 Å². The van der Waals surface area contributed by atoms with Gasteiger partial charge in [-0.1, -0.05) is 73.1 Å². The molecule has 1 fully saturated rings. The van der Waals surface area contributed by atoms with E-state index in [4.69, 9.17) is 21.1 Å². The molecule has 0 aliphatic carbocycles. The number of carbonyl (C=O) groups is 1. The molecule has 0 bridgehead atoms. The van der Waals surface area contributed by atoms with Crippen LogP contribution in [0, 0.1) is 0 Å². The smallest absolute Gasteiger partial charge is 0.230 e.